The molecule has 2 atom stereocenters. The molecule has 2 aliphatic carbocycles. The first-order valence-electron chi connectivity index (χ1n) is 11.5. The van der Waals surface area contributed by atoms with Crippen molar-refractivity contribution < 1.29 is 4.43 Å². The molecule has 0 saturated carbocycles. The summed E-state index contributed by atoms with van der Waals surface area (Å²) in [5, 5.41) is 0. The van der Waals surface area contributed by atoms with Crippen molar-refractivity contribution in [2.45, 2.75) is 105 Å². The summed E-state index contributed by atoms with van der Waals surface area (Å²) in [5.41, 5.74) is 4.89. The van der Waals surface area contributed by atoms with Crippen molar-refractivity contribution >= 4 is 8.32 Å². The zero-order valence-corrected chi connectivity index (χ0v) is 20.5. The van der Waals surface area contributed by atoms with Crippen LogP contribution in [0.2, 0.25) is 19.6 Å². The van der Waals surface area contributed by atoms with Crippen molar-refractivity contribution in [2.24, 2.45) is 11.3 Å². The predicted octanol–water partition coefficient (Wildman–Crippen LogP) is 8.72. The lowest BCUT2D eigenvalue weighted by atomic mass is 9.76. The smallest absolute Gasteiger partial charge is 0.241 e. The van der Waals surface area contributed by atoms with E-state index in [2.05, 4.69) is 65.2 Å². The van der Waals surface area contributed by atoms with E-state index in [1.165, 1.54) is 69.1 Å². The molecule has 0 spiro atoms. The van der Waals surface area contributed by atoms with Crippen LogP contribution in [0.4, 0.5) is 0 Å². The summed E-state index contributed by atoms with van der Waals surface area (Å²) in [6.45, 7) is 17.9. The molecule has 0 aromatic heterocycles. The third-order valence-corrected chi connectivity index (χ3v) is 7.24. The van der Waals surface area contributed by atoms with E-state index in [1.54, 1.807) is 11.1 Å². The topological polar surface area (TPSA) is 9.23 Å². The Morgan fingerprint density at radius 3 is 2.64 bits per heavy atom. The molecule has 2 heteroatoms. The molecule has 1 nitrogen and oxygen atoms in total. The number of hydrogen-bond donors (Lipinski definition) is 0. The third-order valence-electron chi connectivity index (χ3n) is 6.37. The first-order chi connectivity index (χ1) is 13.1. The largest absolute Gasteiger partial charge is 0.548 e. The summed E-state index contributed by atoms with van der Waals surface area (Å²) in [6.07, 6.45) is 19.8. The highest BCUT2D eigenvalue weighted by Gasteiger charge is 2.28. The van der Waals surface area contributed by atoms with Gasteiger partial charge in [-0.2, -0.15) is 0 Å². The van der Waals surface area contributed by atoms with E-state index in [-0.39, 0.29) is 0 Å². The van der Waals surface area contributed by atoms with Crippen LogP contribution in [0.1, 0.15) is 85.0 Å². The van der Waals surface area contributed by atoms with Gasteiger partial charge in [0.15, 0.2) is 0 Å². The molecular formula is C26H44OSi. The van der Waals surface area contributed by atoms with Gasteiger partial charge in [-0.25, -0.2) is 0 Å². The zero-order valence-electron chi connectivity index (χ0n) is 19.5. The van der Waals surface area contributed by atoms with E-state index >= 15 is 0 Å². The fourth-order valence-electron chi connectivity index (χ4n) is 4.52. The number of allylic oxidation sites excluding steroid dienone is 7. The fraction of sp³-hybridized carbons (Fsp3) is 0.692. The molecule has 28 heavy (non-hydrogen) atoms. The van der Waals surface area contributed by atoms with Crippen molar-refractivity contribution in [1.29, 1.82) is 0 Å². The first-order valence-corrected chi connectivity index (χ1v) is 14.9. The highest BCUT2D eigenvalue weighted by Crippen LogP contribution is 2.39. The van der Waals surface area contributed by atoms with Gasteiger partial charge in [0.2, 0.25) is 8.32 Å². The maximum atomic E-state index is 6.31. The average Bonchev–Trinajstić information content (AvgIpc) is 2.59. The van der Waals surface area contributed by atoms with Gasteiger partial charge in [-0.15, -0.1) is 0 Å². The Kier molecular flexibility index (Phi) is 8.42. The molecule has 0 aromatic carbocycles. The van der Waals surface area contributed by atoms with Crippen molar-refractivity contribution in [2.75, 3.05) is 0 Å². The Hall–Kier alpha value is -1.02. The third kappa shape index (κ3) is 8.15. The van der Waals surface area contributed by atoms with Gasteiger partial charge in [0.1, 0.15) is 0 Å². The van der Waals surface area contributed by atoms with Gasteiger partial charge in [-0.3, -0.25) is 0 Å². The van der Waals surface area contributed by atoms with Crippen LogP contribution < -0.4 is 0 Å². The fourth-order valence-corrected chi connectivity index (χ4v) is 5.47. The Balaban J connectivity index is 1.79. The van der Waals surface area contributed by atoms with E-state index in [0.717, 1.165) is 12.3 Å². The van der Waals surface area contributed by atoms with Gasteiger partial charge >= 0.3 is 0 Å². The van der Waals surface area contributed by atoms with Gasteiger partial charge in [-0.1, -0.05) is 42.4 Å². The summed E-state index contributed by atoms with van der Waals surface area (Å²) in [7, 11) is -1.49. The molecule has 0 amide bonds. The molecule has 1 unspecified atom stereocenters. The molecule has 158 valence electrons. The molecule has 0 saturated heterocycles. The van der Waals surface area contributed by atoms with Crippen LogP contribution in [-0.2, 0) is 4.43 Å². The van der Waals surface area contributed by atoms with Gasteiger partial charge in [0.25, 0.3) is 0 Å². The van der Waals surface area contributed by atoms with Crippen molar-refractivity contribution in [1.82, 2.24) is 0 Å². The van der Waals surface area contributed by atoms with Crippen LogP contribution in [0.25, 0.3) is 0 Å². The van der Waals surface area contributed by atoms with Crippen LogP contribution in [-0.4, -0.2) is 8.32 Å². The SMILES string of the molecule is C=C(C)[C@@H]1CC=C(CC/C=C(\C)CCC2(C)C=C(O[Si](C)(C)C)CCC2)CC1. The first kappa shape index (κ1) is 23.3. The Bertz CT molecular complexity index is 631. The molecule has 2 aliphatic rings. The van der Waals surface area contributed by atoms with Gasteiger partial charge in [0, 0.05) is 6.42 Å². The van der Waals surface area contributed by atoms with E-state index in [9.17, 15) is 0 Å². The van der Waals surface area contributed by atoms with Crippen LogP contribution in [0.15, 0.2) is 47.3 Å². The van der Waals surface area contributed by atoms with E-state index in [1.807, 2.05) is 0 Å². The lowest BCUT2D eigenvalue weighted by molar-refractivity contribution is 0.282. The minimum Gasteiger partial charge on any atom is -0.548 e. The second kappa shape index (κ2) is 10.1. The molecule has 2 rings (SSSR count). The maximum Gasteiger partial charge on any atom is 0.241 e. The molecule has 0 fully saturated rings. The summed E-state index contributed by atoms with van der Waals surface area (Å²) in [6, 6.07) is 0. The standard InChI is InChI=1S/C26H44OSi/c1-21(2)24-15-13-23(14-16-24)11-8-10-22(3)17-19-26(4)18-9-12-25(20-26)27-28(5,6)7/h10,13,20,24H,1,8-9,11-12,14-19H2,2-7H3/b22-10+/t24-,26?/m1/s1. The highest BCUT2D eigenvalue weighted by molar-refractivity contribution is 6.70. The average molecular weight is 401 g/mol. The van der Waals surface area contributed by atoms with Gasteiger partial charge < -0.3 is 4.43 Å². The molecule has 0 radical (unpaired) electrons. The molecule has 0 heterocycles. The summed E-state index contributed by atoms with van der Waals surface area (Å²) in [5.74, 6) is 1.99. The molecule has 0 aromatic rings. The Labute approximate surface area is 176 Å². The van der Waals surface area contributed by atoms with Crippen LogP contribution in [0.5, 0.6) is 0 Å². The normalized spacial score (nSPS) is 26.5. The quantitative estimate of drug-likeness (QED) is 0.278. The van der Waals surface area contributed by atoms with E-state index in [4.69, 9.17) is 4.43 Å². The lowest BCUT2D eigenvalue weighted by Gasteiger charge is -2.34. The summed E-state index contributed by atoms with van der Waals surface area (Å²) >= 11 is 0. The van der Waals surface area contributed by atoms with Crippen LogP contribution in [0, 0.1) is 11.3 Å². The van der Waals surface area contributed by atoms with Crippen LogP contribution in [0.3, 0.4) is 0 Å². The highest BCUT2D eigenvalue weighted by atomic mass is 28.4. The molecule has 0 N–H and O–H groups in total. The summed E-state index contributed by atoms with van der Waals surface area (Å²) in [4.78, 5) is 0. The predicted molar refractivity (Wildman–Crippen MR) is 127 cm³/mol. The monoisotopic (exact) mass is 400 g/mol. The van der Waals surface area contributed by atoms with E-state index < -0.39 is 8.32 Å². The number of hydrogen-bond acceptors (Lipinski definition) is 1. The van der Waals surface area contributed by atoms with Crippen molar-refractivity contribution in [3.05, 3.63) is 47.3 Å². The molecular weight excluding hydrogens is 356 g/mol. The lowest BCUT2D eigenvalue weighted by Crippen LogP contribution is -2.28. The second-order valence-electron chi connectivity index (χ2n) is 10.6. The zero-order chi connectivity index (χ0) is 20.8. The Morgan fingerprint density at radius 1 is 1.29 bits per heavy atom. The van der Waals surface area contributed by atoms with Crippen molar-refractivity contribution in [3.63, 3.8) is 0 Å². The number of rotatable bonds is 9. The second-order valence-corrected chi connectivity index (χ2v) is 15.0. The Morgan fingerprint density at radius 2 is 2.04 bits per heavy atom. The minimum atomic E-state index is -1.49. The van der Waals surface area contributed by atoms with Crippen molar-refractivity contribution in [3.8, 4) is 0 Å². The maximum absolute atomic E-state index is 6.31. The minimum absolute atomic E-state index is 0.311. The van der Waals surface area contributed by atoms with Crippen LogP contribution >= 0.6 is 0 Å². The van der Waals surface area contributed by atoms with E-state index in [0.29, 0.717) is 5.41 Å². The van der Waals surface area contributed by atoms with Gasteiger partial charge in [0.05, 0.1) is 5.76 Å². The summed E-state index contributed by atoms with van der Waals surface area (Å²) < 4.78 is 6.31. The van der Waals surface area contributed by atoms with Gasteiger partial charge in [-0.05, 0) is 109 Å². The molecule has 0 aliphatic heterocycles. The molecule has 0 bridgehead atoms.